The van der Waals surface area contributed by atoms with E-state index in [1.165, 1.54) is 0 Å². The fraction of sp³-hybridized carbons (Fsp3) is 0.231. The first-order valence-corrected chi connectivity index (χ1v) is 6.59. The summed E-state index contributed by atoms with van der Waals surface area (Å²) < 4.78 is 15.3. The molecule has 2 atom stereocenters. The van der Waals surface area contributed by atoms with Crippen LogP contribution in [0.4, 0.5) is 0 Å². The van der Waals surface area contributed by atoms with Crippen molar-refractivity contribution in [1.29, 1.82) is 0 Å². The third-order valence-corrected chi connectivity index (χ3v) is 2.49. The molecule has 0 aromatic heterocycles. The predicted octanol–water partition coefficient (Wildman–Crippen LogP) is 2.79. The molecule has 1 aromatic carbocycles. The molecule has 0 bridgehead atoms. The Bertz CT molecular complexity index is 357. The van der Waals surface area contributed by atoms with Gasteiger partial charge in [0.1, 0.15) is 0 Å². The summed E-state index contributed by atoms with van der Waals surface area (Å²) in [7, 11) is -2.53. The summed E-state index contributed by atoms with van der Waals surface area (Å²) in [5, 5.41) is 9.06. The Morgan fingerprint density at radius 3 is 2.11 bits per heavy atom. The number of ether oxygens (including phenoxy) is 1. The molecule has 2 N–H and O–H groups in total. The molecule has 0 saturated carbocycles. The number of hydrogen-bond donors (Lipinski definition) is 2. The first kappa shape index (κ1) is 16.7. The number of benzene rings is 1. The van der Waals surface area contributed by atoms with Crippen molar-refractivity contribution >= 4 is 8.03 Å². The summed E-state index contributed by atoms with van der Waals surface area (Å²) in [5.74, 6) is -1.26. The van der Waals surface area contributed by atoms with Gasteiger partial charge in [-0.05, 0) is 4.57 Å². The normalized spacial score (nSPS) is 11.8. The van der Waals surface area contributed by atoms with Crippen molar-refractivity contribution in [2.45, 2.75) is 5.85 Å². The number of rotatable bonds is 6. The number of aliphatic hydroxyl groups is 1. The monoisotopic (exact) mass is 269 g/mol. The van der Waals surface area contributed by atoms with Gasteiger partial charge >= 0.3 is 13.9 Å². The Hall–Kier alpha value is -1.32. The molecule has 0 amide bonds. The summed E-state index contributed by atoms with van der Waals surface area (Å²) in [6, 6.07) is 8.40. The molecule has 0 aliphatic heterocycles. The topological polar surface area (TPSA) is 66.8 Å². The van der Waals surface area contributed by atoms with E-state index in [-0.39, 0.29) is 0 Å². The average molecular weight is 269 g/mol. The molecular weight excluding hydrogens is 251 g/mol. The fourth-order valence-corrected chi connectivity index (χ4v) is 1.41. The molecule has 0 aliphatic carbocycles. The minimum atomic E-state index is -2.53. The lowest BCUT2D eigenvalue weighted by Gasteiger charge is -1.94. The Kier molecular flexibility index (Phi) is 10.0. The van der Waals surface area contributed by atoms with Crippen molar-refractivity contribution in [3.63, 3.8) is 0 Å². The van der Waals surface area contributed by atoms with Gasteiger partial charge in [0.15, 0.2) is 0 Å². The maximum absolute atomic E-state index is 10.4. The molecule has 0 heterocycles. The van der Waals surface area contributed by atoms with Gasteiger partial charge in [0.25, 0.3) is 0 Å². The molecule has 0 radical (unpaired) electrons. The molecule has 0 fully saturated rings. The minimum absolute atomic E-state index is 0.469. The van der Waals surface area contributed by atoms with Crippen LogP contribution in [0, 0.1) is 0 Å². The lowest BCUT2D eigenvalue weighted by molar-refractivity contribution is 0.194. The minimum Gasteiger partial charge on any atom is -0.373 e. The summed E-state index contributed by atoms with van der Waals surface area (Å²) in [6.45, 7) is 8.18. The second-order valence-corrected chi connectivity index (χ2v) is 4.30. The van der Waals surface area contributed by atoms with Gasteiger partial charge in [0.05, 0.1) is 13.2 Å². The molecule has 1 rings (SSSR count). The molecular formula is C13H18O4P+. The molecule has 98 valence electrons. The van der Waals surface area contributed by atoms with Gasteiger partial charge in [0, 0.05) is 5.56 Å². The van der Waals surface area contributed by atoms with Crippen molar-refractivity contribution in [3.8, 4) is 0 Å². The predicted molar refractivity (Wildman–Crippen MR) is 72.4 cm³/mol. The summed E-state index contributed by atoms with van der Waals surface area (Å²) >= 11 is 0. The van der Waals surface area contributed by atoms with Crippen molar-refractivity contribution in [3.05, 3.63) is 61.2 Å². The van der Waals surface area contributed by atoms with Crippen LogP contribution in [0.15, 0.2) is 55.6 Å². The quantitative estimate of drug-likeness (QED) is 0.473. The summed E-state index contributed by atoms with van der Waals surface area (Å²) in [5.41, 5.74) is 0.469. The highest BCUT2D eigenvalue weighted by molar-refractivity contribution is 7.38. The van der Waals surface area contributed by atoms with Crippen molar-refractivity contribution in [2.75, 3.05) is 13.2 Å². The smallest absolute Gasteiger partial charge is 0.373 e. The van der Waals surface area contributed by atoms with Gasteiger partial charge in [-0.1, -0.05) is 42.5 Å². The van der Waals surface area contributed by atoms with Crippen molar-refractivity contribution < 1.29 is 19.3 Å². The maximum Gasteiger partial charge on any atom is 0.542 e. The Labute approximate surface area is 108 Å². The third-order valence-electron chi connectivity index (χ3n) is 1.78. The number of aliphatic hydroxyl groups excluding tert-OH is 1. The van der Waals surface area contributed by atoms with E-state index in [0.717, 1.165) is 0 Å². The van der Waals surface area contributed by atoms with Crippen LogP contribution in [0.2, 0.25) is 0 Å². The standard InChI is InChI=1S/C7H7O3P.C6H10O/c8-7(11(9)10)6-4-2-1-3-5-6;1-3-5-7-6-4-2/h1-5,7-8H;3-4H,1-2,5-6H2/p+1. The van der Waals surface area contributed by atoms with E-state index < -0.39 is 13.9 Å². The third kappa shape index (κ3) is 7.87. The molecule has 0 saturated heterocycles. The van der Waals surface area contributed by atoms with Crippen LogP contribution in [-0.4, -0.2) is 23.2 Å². The molecule has 0 spiro atoms. The van der Waals surface area contributed by atoms with Gasteiger partial charge in [-0.3, -0.25) is 0 Å². The van der Waals surface area contributed by atoms with E-state index in [4.69, 9.17) is 14.7 Å². The van der Waals surface area contributed by atoms with Gasteiger partial charge in [-0.15, -0.1) is 13.2 Å². The fourth-order valence-electron chi connectivity index (χ4n) is 0.987. The van der Waals surface area contributed by atoms with Crippen LogP contribution in [0.1, 0.15) is 11.4 Å². The molecule has 18 heavy (non-hydrogen) atoms. The van der Waals surface area contributed by atoms with Crippen LogP contribution in [0.5, 0.6) is 0 Å². The zero-order chi connectivity index (χ0) is 13.8. The highest BCUT2D eigenvalue weighted by Crippen LogP contribution is 2.34. The second kappa shape index (κ2) is 10.8. The van der Waals surface area contributed by atoms with Gasteiger partial charge in [-0.25, -0.2) is 0 Å². The molecule has 4 nitrogen and oxygen atoms in total. The lowest BCUT2D eigenvalue weighted by Crippen LogP contribution is -1.89. The van der Waals surface area contributed by atoms with E-state index >= 15 is 0 Å². The van der Waals surface area contributed by atoms with E-state index in [9.17, 15) is 4.57 Å². The van der Waals surface area contributed by atoms with E-state index in [1.54, 1.807) is 42.5 Å². The zero-order valence-electron chi connectivity index (χ0n) is 10.1. The first-order chi connectivity index (χ1) is 8.63. The highest BCUT2D eigenvalue weighted by Gasteiger charge is 2.27. The average Bonchev–Trinajstić information content (AvgIpc) is 2.40. The SMILES string of the molecule is C=CCOCC=C.O=[P+](O)C(O)c1ccccc1. The molecule has 5 heteroatoms. The van der Waals surface area contributed by atoms with E-state index in [0.29, 0.717) is 18.8 Å². The Balaban J connectivity index is 0.000000360. The lowest BCUT2D eigenvalue weighted by atomic mass is 10.2. The first-order valence-electron chi connectivity index (χ1n) is 5.31. The zero-order valence-corrected chi connectivity index (χ0v) is 11.0. The van der Waals surface area contributed by atoms with Gasteiger partial charge in [-0.2, -0.15) is 4.89 Å². The van der Waals surface area contributed by atoms with Crippen LogP contribution in [0.25, 0.3) is 0 Å². The highest BCUT2D eigenvalue weighted by atomic mass is 31.1. The second-order valence-electron chi connectivity index (χ2n) is 3.20. The summed E-state index contributed by atoms with van der Waals surface area (Å²) in [6.07, 6.45) is 3.42. The molecule has 0 aliphatic rings. The molecule has 2 unspecified atom stereocenters. The number of hydrogen-bond acceptors (Lipinski definition) is 3. The molecule has 1 aromatic rings. The van der Waals surface area contributed by atoms with Crippen LogP contribution >= 0.6 is 8.03 Å². The Morgan fingerprint density at radius 1 is 1.22 bits per heavy atom. The van der Waals surface area contributed by atoms with Gasteiger partial charge in [0.2, 0.25) is 0 Å². The van der Waals surface area contributed by atoms with Crippen molar-refractivity contribution in [1.82, 2.24) is 0 Å². The largest absolute Gasteiger partial charge is 0.542 e. The Morgan fingerprint density at radius 2 is 1.72 bits per heavy atom. The summed E-state index contributed by atoms with van der Waals surface area (Å²) in [4.78, 5) is 8.53. The van der Waals surface area contributed by atoms with Gasteiger partial charge < -0.3 is 9.84 Å². The van der Waals surface area contributed by atoms with E-state index in [1.807, 2.05) is 0 Å². The maximum atomic E-state index is 10.4. The van der Waals surface area contributed by atoms with E-state index in [2.05, 4.69) is 13.2 Å². The van der Waals surface area contributed by atoms with Crippen LogP contribution < -0.4 is 0 Å². The van der Waals surface area contributed by atoms with Crippen molar-refractivity contribution in [2.24, 2.45) is 0 Å². The van der Waals surface area contributed by atoms with Crippen LogP contribution in [-0.2, 0) is 9.30 Å². The van der Waals surface area contributed by atoms with Crippen LogP contribution in [0.3, 0.4) is 0 Å².